The van der Waals surface area contributed by atoms with E-state index in [0.29, 0.717) is 5.02 Å². The lowest BCUT2D eigenvalue weighted by atomic mass is 9.78. The van der Waals surface area contributed by atoms with Crippen LogP contribution in [0.2, 0.25) is 10.0 Å². The first-order valence-corrected chi connectivity index (χ1v) is 6.57. The maximum atomic E-state index is 6.41. The molecule has 0 amide bonds. The van der Waals surface area contributed by atoms with Gasteiger partial charge in [0.2, 0.25) is 0 Å². The standard InChI is InChI=1S/C13H17Cl2N/c14-11-5-4-10(12(15)8-11)9-13(16)6-2-1-3-7-13/h4-5,8H,1-3,6-7,9,16H2. The van der Waals surface area contributed by atoms with Crippen molar-refractivity contribution in [2.24, 2.45) is 5.73 Å². The van der Waals surface area contributed by atoms with Crippen LogP contribution >= 0.6 is 23.2 Å². The second-order valence-corrected chi connectivity index (χ2v) is 5.68. The molecule has 1 nitrogen and oxygen atoms in total. The van der Waals surface area contributed by atoms with Gasteiger partial charge in [0, 0.05) is 15.6 Å². The normalized spacial score (nSPS) is 19.7. The van der Waals surface area contributed by atoms with Crippen molar-refractivity contribution in [2.75, 3.05) is 0 Å². The van der Waals surface area contributed by atoms with Crippen molar-refractivity contribution in [3.05, 3.63) is 33.8 Å². The average molecular weight is 258 g/mol. The number of hydrogen-bond donors (Lipinski definition) is 1. The van der Waals surface area contributed by atoms with Crippen LogP contribution in [0, 0.1) is 0 Å². The molecule has 2 N–H and O–H groups in total. The molecule has 0 aliphatic heterocycles. The maximum absolute atomic E-state index is 6.41. The molecule has 88 valence electrons. The zero-order valence-electron chi connectivity index (χ0n) is 9.31. The van der Waals surface area contributed by atoms with E-state index in [0.717, 1.165) is 29.8 Å². The lowest BCUT2D eigenvalue weighted by Gasteiger charge is -2.33. The van der Waals surface area contributed by atoms with Crippen LogP contribution in [0.25, 0.3) is 0 Å². The Bertz CT molecular complexity index is 370. The lowest BCUT2D eigenvalue weighted by Crippen LogP contribution is -2.43. The highest BCUT2D eigenvalue weighted by Gasteiger charge is 2.28. The van der Waals surface area contributed by atoms with Crippen LogP contribution in [0.3, 0.4) is 0 Å². The van der Waals surface area contributed by atoms with Crippen molar-refractivity contribution in [3.63, 3.8) is 0 Å². The van der Waals surface area contributed by atoms with E-state index in [1.807, 2.05) is 12.1 Å². The highest BCUT2D eigenvalue weighted by Crippen LogP contribution is 2.31. The SMILES string of the molecule is NC1(Cc2ccc(Cl)cc2Cl)CCCCC1. The van der Waals surface area contributed by atoms with Gasteiger partial charge >= 0.3 is 0 Å². The molecular formula is C13H17Cl2N. The van der Waals surface area contributed by atoms with Crippen molar-refractivity contribution < 1.29 is 0 Å². The molecule has 3 heteroatoms. The minimum absolute atomic E-state index is 0.0598. The Morgan fingerprint density at radius 3 is 2.44 bits per heavy atom. The van der Waals surface area contributed by atoms with E-state index in [1.165, 1.54) is 19.3 Å². The molecule has 0 aromatic heterocycles. The van der Waals surface area contributed by atoms with Crippen LogP contribution < -0.4 is 5.73 Å². The van der Waals surface area contributed by atoms with E-state index in [1.54, 1.807) is 6.07 Å². The van der Waals surface area contributed by atoms with E-state index in [-0.39, 0.29) is 5.54 Å². The van der Waals surface area contributed by atoms with E-state index < -0.39 is 0 Å². The summed E-state index contributed by atoms with van der Waals surface area (Å²) in [4.78, 5) is 0. The molecule has 1 aliphatic rings. The Hall–Kier alpha value is -0.240. The molecule has 1 aliphatic carbocycles. The van der Waals surface area contributed by atoms with Crippen molar-refractivity contribution in [3.8, 4) is 0 Å². The summed E-state index contributed by atoms with van der Waals surface area (Å²) in [5, 5.41) is 1.42. The Labute approximate surface area is 107 Å². The lowest BCUT2D eigenvalue weighted by molar-refractivity contribution is 0.294. The van der Waals surface area contributed by atoms with Gasteiger partial charge in [0.25, 0.3) is 0 Å². The van der Waals surface area contributed by atoms with E-state index in [2.05, 4.69) is 0 Å². The molecule has 0 heterocycles. The van der Waals surface area contributed by atoms with Crippen LogP contribution in [0.5, 0.6) is 0 Å². The Morgan fingerprint density at radius 1 is 1.12 bits per heavy atom. The fourth-order valence-electron chi connectivity index (χ4n) is 2.48. The van der Waals surface area contributed by atoms with Gasteiger partial charge in [-0.2, -0.15) is 0 Å². The number of rotatable bonds is 2. The summed E-state index contributed by atoms with van der Waals surface area (Å²) in [6, 6.07) is 5.67. The number of hydrogen-bond acceptors (Lipinski definition) is 1. The molecule has 0 spiro atoms. The largest absolute Gasteiger partial charge is 0.325 e. The van der Waals surface area contributed by atoms with Gasteiger partial charge in [0.1, 0.15) is 0 Å². The smallest absolute Gasteiger partial charge is 0.0453 e. The monoisotopic (exact) mass is 257 g/mol. The topological polar surface area (TPSA) is 26.0 Å². The number of halogens is 2. The molecule has 1 aromatic rings. The van der Waals surface area contributed by atoms with Gasteiger partial charge in [0.05, 0.1) is 0 Å². The summed E-state index contributed by atoms with van der Waals surface area (Å²) in [6.07, 6.45) is 6.86. The van der Waals surface area contributed by atoms with Gasteiger partial charge in [-0.25, -0.2) is 0 Å². The highest BCUT2D eigenvalue weighted by atomic mass is 35.5. The van der Waals surface area contributed by atoms with Crippen molar-refractivity contribution >= 4 is 23.2 Å². The van der Waals surface area contributed by atoms with Crippen LogP contribution in [0.4, 0.5) is 0 Å². The summed E-state index contributed by atoms with van der Waals surface area (Å²) >= 11 is 12.0. The Kier molecular flexibility index (Phi) is 3.78. The summed E-state index contributed by atoms with van der Waals surface area (Å²) in [7, 11) is 0. The third-order valence-electron chi connectivity index (χ3n) is 3.41. The molecule has 0 saturated heterocycles. The zero-order chi connectivity index (χ0) is 11.6. The van der Waals surface area contributed by atoms with Crippen molar-refractivity contribution in [2.45, 2.75) is 44.1 Å². The first-order valence-electron chi connectivity index (χ1n) is 5.82. The molecule has 0 radical (unpaired) electrons. The molecule has 1 saturated carbocycles. The van der Waals surface area contributed by atoms with Gasteiger partial charge in [0.15, 0.2) is 0 Å². The van der Waals surface area contributed by atoms with E-state index in [4.69, 9.17) is 28.9 Å². The molecule has 0 unspecified atom stereocenters. The molecule has 0 atom stereocenters. The third kappa shape index (κ3) is 2.91. The van der Waals surface area contributed by atoms with Crippen molar-refractivity contribution in [1.82, 2.24) is 0 Å². The quantitative estimate of drug-likeness (QED) is 0.845. The fourth-order valence-corrected chi connectivity index (χ4v) is 2.95. The highest BCUT2D eigenvalue weighted by molar-refractivity contribution is 6.35. The summed E-state index contributed by atoms with van der Waals surface area (Å²) in [6.45, 7) is 0. The number of nitrogens with two attached hydrogens (primary N) is 1. The van der Waals surface area contributed by atoms with Gasteiger partial charge in [-0.1, -0.05) is 48.5 Å². The second kappa shape index (κ2) is 4.95. The van der Waals surface area contributed by atoms with Gasteiger partial charge < -0.3 is 5.73 Å². The predicted molar refractivity (Wildman–Crippen MR) is 70.2 cm³/mol. The summed E-state index contributed by atoms with van der Waals surface area (Å²) < 4.78 is 0. The van der Waals surface area contributed by atoms with Crippen LogP contribution in [-0.4, -0.2) is 5.54 Å². The number of benzene rings is 1. The van der Waals surface area contributed by atoms with Gasteiger partial charge in [-0.05, 0) is 37.0 Å². The maximum Gasteiger partial charge on any atom is 0.0453 e. The van der Waals surface area contributed by atoms with Crippen LogP contribution in [0.1, 0.15) is 37.7 Å². The van der Waals surface area contributed by atoms with Gasteiger partial charge in [-0.15, -0.1) is 0 Å². The van der Waals surface area contributed by atoms with Crippen molar-refractivity contribution in [1.29, 1.82) is 0 Å². The third-order valence-corrected chi connectivity index (χ3v) is 3.99. The first-order chi connectivity index (χ1) is 7.59. The summed E-state index contributed by atoms with van der Waals surface area (Å²) in [5.74, 6) is 0. The second-order valence-electron chi connectivity index (χ2n) is 4.84. The fraction of sp³-hybridized carbons (Fsp3) is 0.538. The molecular weight excluding hydrogens is 241 g/mol. The van der Waals surface area contributed by atoms with Crippen LogP contribution in [0.15, 0.2) is 18.2 Å². The average Bonchev–Trinajstić information content (AvgIpc) is 2.23. The van der Waals surface area contributed by atoms with Gasteiger partial charge in [-0.3, -0.25) is 0 Å². The molecule has 16 heavy (non-hydrogen) atoms. The minimum Gasteiger partial charge on any atom is -0.325 e. The van der Waals surface area contributed by atoms with Crippen LogP contribution in [-0.2, 0) is 6.42 Å². The zero-order valence-corrected chi connectivity index (χ0v) is 10.8. The summed E-state index contributed by atoms with van der Waals surface area (Å²) in [5.41, 5.74) is 7.47. The molecule has 1 fully saturated rings. The predicted octanol–water partition coefficient (Wildman–Crippen LogP) is 4.20. The molecule has 0 bridgehead atoms. The Morgan fingerprint density at radius 2 is 1.81 bits per heavy atom. The van der Waals surface area contributed by atoms with E-state index >= 15 is 0 Å². The first kappa shape index (κ1) is 12.2. The van der Waals surface area contributed by atoms with E-state index in [9.17, 15) is 0 Å². The molecule has 2 rings (SSSR count). The molecule has 1 aromatic carbocycles. The Balaban J connectivity index is 2.13. The minimum atomic E-state index is -0.0598.